The van der Waals surface area contributed by atoms with Gasteiger partial charge in [0.1, 0.15) is 6.04 Å². The number of nitrogens with one attached hydrogen (secondary N) is 1. The van der Waals surface area contributed by atoms with Crippen LogP contribution in [-0.4, -0.2) is 48.3 Å². The minimum absolute atomic E-state index is 0.0929. The molecule has 1 unspecified atom stereocenters. The molecule has 1 atom stereocenters. The maximum absolute atomic E-state index is 11.7. The summed E-state index contributed by atoms with van der Waals surface area (Å²) in [4.78, 5) is 22.4. The van der Waals surface area contributed by atoms with E-state index in [4.69, 9.17) is 21.3 Å². The molecule has 0 aromatic heterocycles. The lowest BCUT2D eigenvalue weighted by molar-refractivity contribution is -0.138. The molecule has 0 heterocycles. The van der Waals surface area contributed by atoms with E-state index in [1.54, 1.807) is 0 Å². The third-order valence-electron chi connectivity index (χ3n) is 4.04. The molecule has 0 aliphatic rings. The highest BCUT2D eigenvalue weighted by Crippen LogP contribution is 2.27. The van der Waals surface area contributed by atoms with Gasteiger partial charge in [-0.15, -0.1) is 0 Å². The summed E-state index contributed by atoms with van der Waals surface area (Å²) >= 11 is 0. The summed E-state index contributed by atoms with van der Waals surface area (Å²) in [6.07, 6.45) is 3.21. The van der Waals surface area contributed by atoms with Gasteiger partial charge < -0.3 is 26.6 Å². The molecule has 0 rings (SSSR count). The van der Waals surface area contributed by atoms with Crippen molar-refractivity contribution in [1.82, 2.24) is 5.32 Å². The standard InChI is InChI=1S/C17H35N3O4/c1-16(2,8-5-10-18)9-11-24-17(3,4)12-20-14(21)7-6-13(19)15(22)23/h13H,5-12,18-19H2,1-4H3,(H,20,21)(H,22,23). The molecule has 0 radical (unpaired) electrons. The van der Waals surface area contributed by atoms with Crippen molar-refractivity contribution in [1.29, 1.82) is 0 Å². The number of amides is 1. The van der Waals surface area contributed by atoms with Gasteiger partial charge >= 0.3 is 5.97 Å². The molecule has 0 bridgehead atoms. The van der Waals surface area contributed by atoms with Crippen molar-refractivity contribution < 1.29 is 19.4 Å². The van der Waals surface area contributed by atoms with E-state index in [0.717, 1.165) is 19.3 Å². The highest BCUT2D eigenvalue weighted by Gasteiger charge is 2.23. The number of aliphatic carboxylic acids is 1. The van der Waals surface area contributed by atoms with Gasteiger partial charge in [0, 0.05) is 19.6 Å². The van der Waals surface area contributed by atoms with Crippen molar-refractivity contribution in [3.05, 3.63) is 0 Å². The van der Waals surface area contributed by atoms with Gasteiger partial charge in [-0.25, -0.2) is 0 Å². The minimum atomic E-state index is -1.09. The number of hydrogen-bond acceptors (Lipinski definition) is 5. The van der Waals surface area contributed by atoms with Gasteiger partial charge in [-0.05, 0) is 51.5 Å². The maximum atomic E-state index is 11.7. The molecule has 0 aliphatic heterocycles. The topological polar surface area (TPSA) is 128 Å². The number of nitrogens with two attached hydrogens (primary N) is 2. The van der Waals surface area contributed by atoms with Crippen molar-refractivity contribution in [2.45, 2.75) is 71.4 Å². The first-order chi connectivity index (χ1) is 11.0. The smallest absolute Gasteiger partial charge is 0.320 e. The van der Waals surface area contributed by atoms with E-state index < -0.39 is 17.6 Å². The Balaban J connectivity index is 4.04. The quantitative estimate of drug-likeness (QED) is 0.398. The Kier molecular flexibility index (Phi) is 10.1. The Morgan fingerprint density at radius 2 is 1.83 bits per heavy atom. The third kappa shape index (κ3) is 11.4. The van der Waals surface area contributed by atoms with Crippen LogP contribution in [0.15, 0.2) is 0 Å². The molecule has 0 aromatic rings. The van der Waals surface area contributed by atoms with E-state index in [1.807, 2.05) is 13.8 Å². The van der Waals surface area contributed by atoms with Crippen molar-refractivity contribution in [2.24, 2.45) is 16.9 Å². The molecular formula is C17H35N3O4. The Labute approximate surface area is 145 Å². The molecule has 24 heavy (non-hydrogen) atoms. The molecule has 0 aromatic carbocycles. The summed E-state index contributed by atoms with van der Waals surface area (Å²) in [5.41, 5.74) is 10.6. The molecule has 1 amide bonds. The zero-order valence-corrected chi connectivity index (χ0v) is 15.6. The Hall–Kier alpha value is -1.18. The number of carbonyl (C=O) groups excluding carboxylic acids is 1. The fourth-order valence-electron chi connectivity index (χ4n) is 2.17. The monoisotopic (exact) mass is 345 g/mol. The van der Waals surface area contributed by atoms with Crippen LogP contribution in [0.5, 0.6) is 0 Å². The lowest BCUT2D eigenvalue weighted by atomic mass is 9.85. The fourth-order valence-corrected chi connectivity index (χ4v) is 2.17. The van der Waals surface area contributed by atoms with Gasteiger partial charge in [0.2, 0.25) is 5.91 Å². The van der Waals surface area contributed by atoms with Crippen LogP contribution in [0.4, 0.5) is 0 Å². The number of hydrogen-bond donors (Lipinski definition) is 4. The number of carbonyl (C=O) groups is 2. The van der Waals surface area contributed by atoms with Crippen LogP contribution >= 0.6 is 0 Å². The first kappa shape index (κ1) is 22.8. The molecule has 6 N–H and O–H groups in total. The van der Waals surface area contributed by atoms with Gasteiger partial charge in [-0.3, -0.25) is 9.59 Å². The summed E-state index contributed by atoms with van der Waals surface area (Å²) in [7, 11) is 0. The first-order valence-electron chi connectivity index (χ1n) is 8.58. The summed E-state index contributed by atoms with van der Waals surface area (Å²) in [6, 6.07) is -1.00. The van der Waals surface area contributed by atoms with Gasteiger partial charge in [0.15, 0.2) is 0 Å². The molecule has 0 saturated heterocycles. The second-order valence-electron chi connectivity index (χ2n) is 7.67. The molecule has 0 spiro atoms. The van der Waals surface area contributed by atoms with Crippen LogP contribution in [0.2, 0.25) is 0 Å². The number of ether oxygens (including phenoxy) is 1. The largest absolute Gasteiger partial charge is 0.480 e. The molecule has 0 fully saturated rings. The lowest BCUT2D eigenvalue weighted by Gasteiger charge is -2.29. The molecular weight excluding hydrogens is 310 g/mol. The fraction of sp³-hybridized carbons (Fsp3) is 0.882. The van der Waals surface area contributed by atoms with Crippen LogP contribution < -0.4 is 16.8 Å². The van der Waals surface area contributed by atoms with Gasteiger partial charge in [0.05, 0.1) is 5.60 Å². The maximum Gasteiger partial charge on any atom is 0.320 e. The minimum Gasteiger partial charge on any atom is -0.480 e. The van der Waals surface area contributed by atoms with Crippen molar-refractivity contribution in [3.63, 3.8) is 0 Å². The predicted molar refractivity (Wildman–Crippen MR) is 94.6 cm³/mol. The molecule has 0 aliphatic carbocycles. The SMILES string of the molecule is CC(C)(CCCN)CCOC(C)(C)CNC(=O)CCC(N)C(=O)O. The van der Waals surface area contributed by atoms with Gasteiger partial charge in [-0.2, -0.15) is 0 Å². The van der Waals surface area contributed by atoms with E-state index in [9.17, 15) is 9.59 Å². The van der Waals surface area contributed by atoms with Crippen LogP contribution in [0.25, 0.3) is 0 Å². The summed E-state index contributed by atoms with van der Waals surface area (Å²) < 4.78 is 5.89. The molecule has 142 valence electrons. The molecule has 7 heteroatoms. The second kappa shape index (κ2) is 10.6. The van der Waals surface area contributed by atoms with Gasteiger partial charge in [0.25, 0.3) is 0 Å². The first-order valence-corrected chi connectivity index (χ1v) is 8.58. The van der Waals surface area contributed by atoms with Crippen molar-refractivity contribution in [3.8, 4) is 0 Å². The Morgan fingerprint density at radius 3 is 2.38 bits per heavy atom. The Bertz CT molecular complexity index is 397. The van der Waals surface area contributed by atoms with Crippen LogP contribution in [-0.2, 0) is 14.3 Å². The highest BCUT2D eigenvalue weighted by atomic mass is 16.5. The lowest BCUT2D eigenvalue weighted by Crippen LogP contribution is -2.41. The normalized spacial score (nSPS) is 13.6. The van der Waals surface area contributed by atoms with Gasteiger partial charge in [-0.1, -0.05) is 13.8 Å². The Morgan fingerprint density at radius 1 is 1.21 bits per heavy atom. The summed E-state index contributed by atoms with van der Waals surface area (Å²) in [5, 5.41) is 11.5. The average Bonchev–Trinajstić information content (AvgIpc) is 2.48. The zero-order valence-electron chi connectivity index (χ0n) is 15.6. The predicted octanol–water partition coefficient (Wildman–Crippen LogP) is 1.25. The zero-order chi connectivity index (χ0) is 18.8. The molecule has 0 saturated carbocycles. The van der Waals surface area contributed by atoms with Crippen molar-refractivity contribution in [2.75, 3.05) is 19.7 Å². The second-order valence-corrected chi connectivity index (χ2v) is 7.67. The number of carboxylic acids is 1. The van der Waals surface area contributed by atoms with E-state index in [-0.39, 0.29) is 24.2 Å². The number of rotatable bonds is 13. The highest BCUT2D eigenvalue weighted by molar-refractivity contribution is 5.78. The summed E-state index contributed by atoms with van der Waals surface area (Å²) in [6.45, 7) is 9.93. The third-order valence-corrected chi connectivity index (χ3v) is 4.04. The summed E-state index contributed by atoms with van der Waals surface area (Å²) in [5.74, 6) is -1.31. The van der Waals surface area contributed by atoms with Crippen LogP contribution in [0.3, 0.4) is 0 Å². The van der Waals surface area contributed by atoms with E-state index in [0.29, 0.717) is 19.7 Å². The van der Waals surface area contributed by atoms with Crippen LogP contribution in [0.1, 0.15) is 59.8 Å². The average molecular weight is 345 g/mol. The number of carboxylic acid groups (broad SMARTS) is 1. The van der Waals surface area contributed by atoms with Crippen molar-refractivity contribution >= 4 is 11.9 Å². The van der Waals surface area contributed by atoms with Crippen LogP contribution in [0, 0.1) is 5.41 Å². The molecule has 7 nitrogen and oxygen atoms in total. The van der Waals surface area contributed by atoms with E-state index in [1.165, 1.54) is 0 Å². The van der Waals surface area contributed by atoms with E-state index >= 15 is 0 Å². The van der Waals surface area contributed by atoms with E-state index in [2.05, 4.69) is 19.2 Å².